The Morgan fingerprint density at radius 1 is 0.971 bits per heavy atom. The molecule has 2 aromatic carbocycles. The molecule has 0 atom stereocenters. The molecule has 2 radical (unpaired) electrons. The molecule has 10 heteroatoms. The number of carbonyl (C=O) groups excluding carboxylic acids is 2. The summed E-state index contributed by atoms with van der Waals surface area (Å²) in [5, 5.41) is 2.56. The van der Waals surface area contributed by atoms with Gasteiger partial charge in [-0.3, -0.25) is 4.79 Å². The number of amides is 1. The number of nitrogens with one attached hydrogen (secondary N) is 1. The molecule has 0 aliphatic carbocycles. The van der Waals surface area contributed by atoms with Crippen LogP contribution in [0.3, 0.4) is 0 Å². The van der Waals surface area contributed by atoms with Crippen molar-refractivity contribution in [2.24, 2.45) is 5.73 Å². The van der Waals surface area contributed by atoms with Gasteiger partial charge >= 0.3 is 5.97 Å². The van der Waals surface area contributed by atoms with Gasteiger partial charge in [0.2, 0.25) is 5.91 Å². The van der Waals surface area contributed by atoms with Crippen molar-refractivity contribution in [3.63, 3.8) is 0 Å². The lowest BCUT2D eigenvalue weighted by Crippen LogP contribution is -2.42. The quantitative estimate of drug-likeness (QED) is 0.301. The normalized spacial score (nSPS) is 10.7. The van der Waals surface area contributed by atoms with Crippen LogP contribution in [0, 0.1) is 17.9 Å². The standard InChI is InChI=1S/C24H28Cl2FN3O3.ClH/c1-2-33-24(32)22(16-18-3-7-19(27)8-4-18)29-23(31)21(28)15-17-5-9-20(10-6-17)30(13-11-25)14-12-26;/h3-10H,2,11-16,28H2,1H3,(H,29,31);1H. The lowest BCUT2D eigenvalue weighted by molar-refractivity contribution is -0.142. The Balaban J connectivity index is 0.00000578. The molecule has 1 amide bonds. The number of esters is 1. The second kappa shape index (κ2) is 15.8. The van der Waals surface area contributed by atoms with E-state index in [1.54, 1.807) is 6.92 Å². The van der Waals surface area contributed by atoms with Crippen molar-refractivity contribution in [3.05, 3.63) is 77.6 Å². The third-order valence-electron chi connectivity index (χ3n) is 4.78. The van der Waals surface area contributed by atoms with Crippen LogP contribution in [-0.4, -0.2) is 43.3 Å². The van der Waals surface area contributed by atoms with Crippen LogP contribution in [0.1, 0.15) is 18.1 Å². The molecule has 0 heterocycles. The molecule has 3 N–H and O–H groups in total. The first-order chi connectivity index (χ1) is 15.9. The smallest absolute Gasteiger partial charge is 0.335 e. The average Bonchev–Trinajstić information content (AvgIpc) is 2.80. The zero-order valence-electron chi connectivity index (χ0n) is 18.9. The molecule has 2 aromatic rings. The van der Waals surface area contributed by atoms with Crippen molar-refractivity contribution in [2.45, 2.75) is 19.8 Å². The Labute approximate surface area is 216 Å². The van der Waals surface area contributed by atoms with Gasteiger partial charge in [-0.25, -0.2) is 9.18 Å². The molecule has 0 fully saturated rings. The highest BCUT2D eigenvalue weighted by molar-refractivity contribution is 6.18. The first-order valence-electron chi connectivity index (χ1n) is 10.5. The van der Waals surface area contributed by atoms with Gasteiger partial charge in [-0.15, -0.1) is 35.6 Å². The van der Waals surface area contributed by atoms with E-state index < -0.39 is 17.7 Å². The number of halogens is 4. The van der Waals surface area contributed by atoms with Gasteiger partial charge in [0.15, 0.2) is 6.04 Å². The number of ether oxygens (including phenoxy) is 1. The minimum atomic E-state index is -0.661. The van der Waals surface area contributed by atoms with Crippen molar-refractivity contribution < 1.29 is 18.7 Å². The predicted octanol–water partition coefficient (Wildman–Crippen LogP) is 4.02. The summed E-state index contributed by atoms with van der Waals surface area (Å²) >= 11 is 11.7. The van der Waals surface area contributed by atoms with Crippen LogP contribution in [0.4, 0.5) is 10.1 Å². The maximum Gasteiger partial charge on any atom is 0.335 e. The topological polar surface area (TPSA) is 84.7 Å². The van der Waals surface area contributed by atoms with Crippen molar-refractivity contribution in [1.29, 1.82) is 0 Å². The summed E-state index contributed by atoms with van der Waals surface area (Å²) in [6, 6.07) is 13.3. The van der Waals surface area contributed by atoms with Gasteiger partial charge in [-0.2, -0.15) is 0 Å². The van der Waals surface area contributed by atoms with Crippen molar-refractivity contribution in [3.8, 4) is 0 Å². The third-order valence-corrected chi connectivity index (χ3v) is 5.12. The summed E-state index contributed by atoms with van der Waals surface area (Å²) in [4.78, 5) is 27.0. The summed E-state index contributed by atoms with van der Waals surface area (Å²) in [7, 11) is 0. The van der Waals surface area contributed by atoms with E-state index in [1.807, 2.05) is 24.3 Å². The molecule has 6 nitrogen and oxygen atoms in total. The first-order valence-corrected chi connectivity index (χ1v) is 11.6. The van der Waals surface area contributed by atoms with Gasteiger partial charge in [-0.05, 0) is 42.3 Å². The molecular formula is C24H29Cl3FN3O3. The molecule has 2 rings (SSSR count). The molecule has 0 aromatic heterocycles. The zero-order valence-corrected chi connectivity index (χ0v) is 21.2. The number of nitrogens with two attached hydrogens (primary N) is 1. The molecule has 0 aliphatic heterocycles. The Bertz CT molecular complexity index is 879. The van der Waals surface area contributed by atoms with Crippen molar-refractivity contribution >= 4 is 53.2 Å². The maximum absolute atomic E-state index is 13.2. The summed E-state index contributed by atoms with van der Waals surface area (Å²) in [6.07, 6.45) is 0.271. The largest absolute Gasteiger partial charge is 0.464 e. The molecule has 0 aliphatic rings. The van der Waals surface area contributed by atoms with E-state index in [1.165, 1.54) is 24.3 Å². The molecule has 0 bridgehead atoms. The molecule has 34 heavy (non-hydrogen) atoms. The van der Waals surface area contributed by atoms with Crippen LogP contribution < -0.4 is 16.0 Å². The van der Waals surface area contributed by atoms with Crippen LogP contribution in [0.5, 0.6) is 0 Å². The molecule has 0 saturated carbocycles. The van der Waals surface area contributed by atoms with Gasteiger partial charge in [0.1, 0.15) is 11.9 Å². The first kappa shape index (κ1) is 30.0. The maximum atomic E-state index is 13.2. The van der Waals surface area contributed by atoms with E-state index in [-0.39, 0.29) is 43.9 Å². The Morgan fingerprint density at radius 2 is 1.50 bits per heavy atom. The second-order valence-corrected chi connectivity index (χ2v) is 7.95. The van der Waals surface area contributed by atoms with Gasteiger partial charge in [-0.1, -0.05) is 24.3 Å². The fourth-order valence-electron chi connectivity index (χ4n) is 3.11. The number of alkyl halides is 2. The molecule has 0 saturated heterocycles. The Morgan fingerprint density at radius 3 is 2.03 bits per heavy atom. The monoisotopic (exact) mass is 531 g/mol. The fraction of sp³-hybridized carbons (Fsp3) is 0.333. The summed E-state index contributed by atoms with van der Waals surface area (Å²) in [6.45, 7) is 3.16. The average molecular weight is 533 g/mol. The van der Waals surface area contributed by atoms with E-state index in [0.29, 0.717) is 30.4 Å². The number of benzene rings is 2. The number of hydrogen-bond acceptors (Lipinski definition) is 5. The van der Waals surface area contributed by atoms with E-state index in [0.717, 1.165) is 11.3 Å². The van der Waals surface area contributed by atoms with Gasteiger partial charge in [0.05, 0.1) is 6.61 Å². The van der Waals surface area contributed by atoms with Crippen LogP contribution in [-0.2, 0) is 27.2 Å². The van der Waals surface area contributed by atoms with Crippen LogP contribution >= 0.6 is 35.6 Å². The Kier molecular flexibility index (Phi) is 13.9. The fourth-order valence-corrected chi connectivity index (χ4v) is 3.52. The van der Waals surface area contributed by atoms with Gasteiger partial charge < -0.3 is 20.7 Å². The predicted molar refractivity (Wildman–Crippen MR) is 137 cm³/mol. The third kappa shape index (κ3) is 9.66. The number of rotatable bonds is 13. The van der Waals surface area contributed by atoms with E-state index in [2.05, 4.69) is 10.2 Å². The minimum absolute atomic E-state index is 0. The number of carbonyl (C=O) groups is 2. The zero-order chi connectivity index (χ0) is 24.2. The summed E-state index contributed by atoms with van der Waals surface area (Å²) in [5.74, 6) is -0.674. The highest BCUT2D eigenvalue weighted by Gasteiger charge is 2.27. The minimum Gasteiger partial charge on any atom is -0.464 e. The number of hydrogen-bond donors (Lipinski definition) is 2. The SMILES string of the molecule is CCOC(=O)[C](Cc1ccc(F)cc1)NC(=O)[C](N)Cc1ccc(N(CCCl)CCCl)cc1.Cl. The van der Waals surface area contributed by atoms with Crippen molar-refractivity contribution in [2.75, 3.05) is 36.4 Å². The summed E-state index contributed by atoms with van der Waals surface area (Å²) in [5.41, 5.74) is 8.47. The van der Waals surface area contributed by atoms with Gasteiger partial charge in [0.25, 0.3) is 0 Å². The molecule has 0 spiro atoms. The summed E-state index contributed by atoms with van der Waals surface area (Å²) < 4.78 is 18.2. The van der Waals surface area contributed by atoms with E-state index in [4.69, 9.17) is 33.7 Å². The van der Waals surface area contributed by atoms with Crippen LogP contribution in [0.25, 0.3) is 0 Å². The second-order valence-electron chi connectivity index (χ2n) is 7.19. The van der Waals surface area contributed by atoms with Crippen LogP contribution in [0.15, 0.2) is 48.5 Å². The number of anilines is 1. The molecule has 0 unspecified atom stereocenters. The molecular weight excluding hydrogens is 504 g/mol. The lowest BCUT2D eigenvalue weighted by Gasteiger charge is -2.23. The van der Waals surface area contributed by atoms with Gasteiger partial charge in [0, 0.05) is 43.4 Å². The van der Waals surface area contributed by atoms with Crippen LogP contribution in [0.2, 0.25) is 0 Å². The van der Waals surface area contributed by atoms with E-state index in [9.17, 15) is 14.0 Å². The highest BCUT2D eigenvalue weighted by Crippen LogP contribution is 2.18. The molecule has 186 valence electrons. The lowest BCUT2D eigenvalue weighted by atomic mass is 10.0. The number of nitrogens with zero attached hydrogens (tertiary/aromatic N) is 1. The Hall–Kier alpha value is -2.06. The highest BCUT2D eigenvalue weighted by atomic mass is 35.5. The van der Waals surface area contributed by atoms with Crippen molar-refractivity contribution in [1.82, 2.24) is 5.32 Å². The van der Waals surface area contributed by atoms with E-state index >= 15 is 0 Å².